The second-order valence-electron chi connectivity index (χ2n) is 7.28. The summed E-state index contributed by atoms with van der Waals surface area (Å²) in [5.41, 5.74) is 1.46. The van der Waals surface area contributed by atoms with Gasteiger partial charge in [0.05, 0.1) is 17.4 Å². The van der Waals surface area contributed by atoms with Gasteiger partial charge < -0.3 is 9.88 Å². The number of carbonyl (C=O) groups is 1. The van der Waals surface area contributed by atoms with Crippen molar-refractivity contribution in [2.24, 2.45) is 5.92 Å². The van der Waals surface area contributed by atoms with Crippen molar-refractivity contribution < 1.29 is 9.18 Å². The number of amides is 1. The predicted octanol–water partition coefficient (Wildman–Crippen LogP) is 4.71. The number of carbonyl (C=O) groups excluding carboxylic acids is 1. The van der Waals surface area contributed by atoms with Crippen molar-refractivity contribution in [2.75, 3.05) is 5.75 Å². The SMILES string of the molecule is CC(C)Cn1c(SCC(=O)NC(C)c2ccccc2)nnc1-c1ccccc1F. The van der Waals surface area contributed by atoms with Gasteiger partial charge in [-0.25, -0.2) is 4.39 Å². The molecule has 29 heavy (non-hydrogen) atoms. The van der Waals surface area contributed by atoms with Crippen LogP contribution in [0.25, 0.3) is 11.4 Å². The Hall–Kier alpha value is -2.67. The maximum Gasteiger partial charge on any atom is 0.230 e. The smallest absolute Gasteiger partial charge is 0.230 e. The van der Waals surface area contributed by atoms with Gasteiger partial charge in [-0.3, -0.25) is 4.79 Å². The number of aromatic nitrogens is 3. The van der Waals surface area contributed by atoms with E-state index in [1.165, 1.54) is 17.8 Å². The summed E-state index contributed by atoms with van der Waals surface area (Å²) in [4.78, 5) is 12.4. The first kappa shape index (κ1) is 21.0. The van der Waals surface area contributed by atoms with Crippen LogP contribution in [0.3, 0.4) is 0 Å². The van der Waals surface area contributed by atoms with E-state index in [2.05, 4.69) is 29.4 Å². The fourth-order valence-corrected chi connectivity index (χ4v) is 3.76. The van der Waals surface area contributed by atoms with Crippen LogP contribution in [0.15, 0.2) is 59.8 Å². The summed E-state index contributed by atoms with van der Waals surface area (Å²) >= 11 is 1.31. The first-order chi connectivity index (χ1) is 14.0. The molecular weight excluding hydrogens is 387 g/mol. The average molecular weight is 413 g/mol. The molecule has 0 fully saturated rings. The normalized spacial score (nSPS) is 12.2. The summed E-state index contributed by atoms with van der Waals surface area (Å²) < 4.78 is 16.2. The van der Waals surface area contributed by atoms with Crippen LogP contribution in [0.5, 0.6) is 0 Å². The second-order valence-corrected chi connectivity index (χ2v) is 8.22. The highest BCUT2D eigenvalue weighted by molar-refractivity contribution is 7.99. The summed E-state index contributed by atoms with van der Waals surface area (Å²) in [6.45, 7) is 6.75. The third kappa shape index (κ3) is 5.44. The van der Waals surface area contributed by atoms with E-state index >= 15 is 0 Å². The molecule has 1 aromatic heterocycles. The van der Waals surface area contributed by atoms with Crippen molar-refractivity contribution in [1.29, 1.82) is 0 Å². The molecule has 2 aromatic carbocycles. The second kappa shape index (κ2) is 9.69. The lowest BCUT2D eigenvalue weighted by atomic mass is 10.1. The molecule has 1 heterocycles. The molecule has 1 amide bonds. The molecule has 152 valence electrons. The predicted molar refractivity (Wildman–Crippen MR) is 114 cm³/mol. The van der Waals surface area contributed by atoms with Crippen LogP contribution in [-0.2, 0) is 11.3 Å². The molecule has 0 saturated heterocycles. The molecule has 0 aliphatic carbocycles. The lowest BCUT2D eigenvalue weighted by Crippen LogP contribution is -2.28. The highest BCUT2D eigenvalue weighted by atomic mass is 32.2. The standard InChI is InChI=1S/C22H25FN4OS/c1-15(2)13-27-21(18-11-7-8-12-19(18)23)25-26-22(27)29-14-20(28)24-16(3)17-9-5-4-6-10-17/h4-12,15-16H,13-14H2,1-3H3,(H,24,28). The van der Waals surface area contributed by atoms with Crippen molar-refractivity contribution in [2.45, 2.75) is 38.5 Å². The summed E-state index contributed by atoms with van der Waals surface area (Å²) in [5, 5.41) is 12.0. The zero-order valence-electron chi connectivity index (χ0n) is 16.8. The van der Waals surface area contributed by atoms with Crippen LogP contribution in [0.1, 0.15) is 32.4 Å². The van der Waals surface area contributed by atoms with E-state index in [0.29, 0.717) is 29.0 Å². The fourth-order valence-electron chi connectivity index (χ4n) is 3.01. The largest absolute Gasteiger partial charge is 0.349 e. The van der Waals surface area contributed by atoms with Gasteiger partial charge in [-0.2, -0.15) is 0 Å². The number of hydrogen-bond acceptors (Lipinski definition) is 4. The first-order valence-corrected chi connectivity index (χ1v) is 10.6. The van der Waals surface area contributed by atoms with E-state index in [-0.39, 0.29) is 23.5 Å². The van der Waals surface area contributed by atoms with Crippen molar-refractivity contribution in [1.82, 2.24) is 20.1 Å². The van der Waals surface area contributed by atoms with Crippen LogP contribution in [0, 0.1) is 11.7 Å². The number of nitrogens with zero attached hydrogens (tertiary/aromatic N) is 3. The molecule has 0 bridgehead atoms. The number of rotatable bonds is 8. The Balaban J connectivity index is 1.72. The Morgan fingerprint density at radius 3 is 2.45 bits per heavy atom. The molecule has 5 nitrogen and oxygen atoms in total. The Bertz CT molecular complexity index is 958. The van der Waals surface area contributed by atoms with Crippen molar-refractivity contribution in [3.8, 4) is 11.4 Å². The summed E-state index contributed by atoms with van der Waals surface area (Å²) in [5.74, 6) is 0.596. The molecule has 0 aliphatic heterocycles. The molecule has 0 radical (unpaired) electrons. The molecule has 1 unspecified atom stereocenters. The highest BCUT2D eigenvalue weighted by Gasteiger charge is 2.19. The summed E-state index contributed by atoms with van der Waals surface area (Å²) in [6, 6.07) is 16.3. The van der Waals surface area contributed by atoms with E-state index in [4.69, 9.17) is 0 Å². The number of halogens is 1. The minimum absolute atomic E-state index is 0.0770. The quantitative estimate of drug-likeness (QED) is 0.545. The Labute approximate surface area is 174 Å². The van der Waals surface area contributed by atoms with Gasteiger partial charge in [0.25, 0.3) is 0 Å². The molecular formula is C22H25FN4OS. The van der Waals surface area contributed by atoms with Gasteiger partial charge in [-0.05, 0) is 30.5 Å². The molecule has 0 saturated carbocycles. The Morgan fingerprint density at radius 2 is 1.76 bits per heavy atom. The van der Waals surface area contributed by atoms with E-state index in [9.17, 15) is 9.18 Å². The molecule has 3 aromatic rings. The minimum Gasteiger partial charge on any atom is -0.349 e. The van der Waals surface area contributed by atoms with Gasteiger partial charge in [-0.1, -0.05) is 68.1 Å². The Morgan fingerprint density at radius 1 is 1.07 bits per heavy atom. The molecule has 0 aliphatic rings. The number of nitrogens with one attached hydrogen (secondary N) is 1. The number of hydrogen-bond donors (Lipinski definition) is 1. The monoisotopic (exact) mass is 412 g/mol. The number of thioether (sulfide) groups is 1. The maximum atomic E-state index is 14.3. The Kier molecular flexibility index (Phi) is 7.04. The van der Waals surface area contributed by atoms with Crippen LogP contribution in [0.2, 0.25) is 0 Å². The molecule has 0 spiro atoms. The van der Waals surface area contributed by atoms with Crippen molar-refractivity contribution in [3.05, 3.63) is 66.0 Å². The van der Waals surface area contributed by atoms with Crippen LogP contribution in [0.4, 0.5) is 4.39 Å². The molecule has 1 atom stereocenters. The van der Waals surface area contributed by atoms with Crippen molar-refractivity contribution in [3.63, 3.8) is 0 Å². The lowest BCUT2D eigenvalue weighted by Gasteiger charge is -2.15. The molecule has 7 heteroatoms. The van der Waals surface area contributed by atoms with Gasteiger partial charge in [0.1, 0.15) is 5.82 Å². The van der Waals surface area contributed by atoms with Crippen LogP contribution >= 0.6 is 11.8 Å². The van der Waals surface area contributed by atoms with Gasteiger partial charge in [-0.15, -0.1) is 10.2 Å². The minimum atomic E-state index is -0.337. The van der Waals surface area contributed by atoms with E-state index in [1.807, 2.05) is 41.8 Å². The molecule has 1 N–H and O–H groups in total. The maximum absolute atomic E-state index is 14.3. The topological polar surface area (TPSA) is 59.8 Å². The van der Waals surface area contributed by atoms with Gasteiger partial charge in [0.2, 0.25) is 5.91 Å². The zero-order valence-corrected chi connectivity index (χ0v) is 17.6. The number of benzene rings is 2. The lowest BCUT2D eigenvalue weighted by molar-refractivity contribution is -0.119. The van der Waals surface area contributed by atoms with Gasteiger partial charge in [0, 0.05) is 6.54 Å². The van der Waals surface area contributed by atoms with E-state index in [1.54, 1.807) is 18.2 Å². The average Bonchev–Trinajstić information content (AvgIpc) is 3.09. The third-order valence-corrected chi connectivity index (χ3v) is 5.36. The van der Waals surface area contributed by atoms with Crippen LogP contribution in [-0.4, -0.2) is 26.4 Å². The van der Waals surface area contributed by atoms with E-state index in [0.717, 1.165) is 5.56 Å². The van der Waals surface area contributed by atoms with Gasteiger partial charge >= 0.3 is 0 Å². The van der Waals surface area contributed by atoms with Crippen molar-refractivity contribution >= 4 is 17.7 Å². The molecule has 3 rings (SSSR count). The fraction of sp³-hybridized carbons (Fsp3) is 0.318. The van der Waals surface area contributed by atoms with E-state index < -0.39 is 0 Å². The summed E-state index contributed by atoms with van der Waals surface area (Å²) in [7, 11) is 0. The summed E-state index contributed by atoms with van der Waals surface area (Å²) in [6.07, 6.45) is 0. The zero-order chi connectivity index (χ0) is 20.8. The van der Waals surface area contributed by atoms with Gasteiger partial charge in [0.15, 0.2) is 11.0 Å². The first-order valence-electron chi connectivity index (χ1n) is 9.61. The third-order valence-electron chi connectivity index (χ3n) is 4.39. The van der Waals surface area contributed by atoms with Crippen LogP contribution < -0.4 is 5.32 Å². The highest BCUT2D eigenvalue weighted by Crippen LogP contribution is 2.27.